The van der Waals surface area contributed by atoms with Gasteiger partial charge in [0.05, 0.1) is 34.4 Å². The molecule has 1 amide bonds. The Labute approximate surface area is 188 Å². The largest absolute Gasteiger partial charge is 0.494 e. The van der Waals surface area contributed by atoms with Crippen molar-refractivity contribution >= 4 is 46.4 Å². The van der Waals surface area contributed by atoms with Crippen molar-refractivity contribution in [3.8, 4) is 5.75 Å². The summed E-state index contributed by atoms with van der Waals surface area (Å²) >= 11 is 12.2. The van der Waals surface area contributed by atoms with Gasteiger partial charge in [0, 0.05) is 12.0 Å². The number of carbonyl (C=O) groups excluding carboxylic acids is 1. The zero-order valence-electron chi connectivity index (χ0n) is 16.5. The maximum absolute atomic E-state index is 12.5. The number of hydrogen-bond donors (Lipinski definition) is 2. The summed E-state index contributed by atoms with van der Waals surface area (Å²) in [7, 11) is 1.49. The van der Waals surface area contributed by atoms with Gasteiger partial charge in [-0.25, -0.2) is 10.4 Å². The smallest absolute Gasteiger partial charge is 0.271 e. The minimum absolute atomic E-state index is 0.344. The molecule has 2 N–H and O–H groups in total. The van der Waals surface area contributed by atoms with E-state index in [1.165, 1.54) is 13.3 Å². The first kappa shape index (κ1) is 20.9. The first-order valence-electron chi connectivity index (χ1n) is 9.42. The predicted octanol–water partition coefficient (Wildman–Crippen LogP) is 5.23. The molecule has 0 aliphatic carbocycles. The number of carbonyl (C=O) groups is 1. The van der Waals surface area contributed by atoms with Crippen LogP contribution in [0.1, 0.15) is 27.3 Å². The van der Waals surface area contributed by atoms with Crippen LogP contribution >= 0.6 is 23.2 Å². The summed E-state index contributed by atoms with van der Waals surface area (Å²) in [6.45, 7) is 0. The Kier molecular flexibility index (Phi) is 6.21. The third-order valence-electron chi connectivity index (χ3n) is 4.61. The van der Waals surface area contributed by atoms with Crippen LogP contribution < -0.4 is 10.2 Å². The van der Waals surface area contributed by atoms with Crippen molar-refractivity contribution in [2.24, 2.45) is 5.10 Å². The summed E-state index contributed by atoms with van der Waals surface area (Å²) in [6, 6.07) is 18.6. The van der Waals surface area contributed by atoms with Crippen molar-refractivity contribution in [2.75, 3.05) is 7.11 Å². The minimum atomic E-state index is -0.344. The second kappa shape index (κ2) is 9.20. The van der Waals surface area contributed by atoms with E-state index in [9.17, 15) is 4.79 Å². The number of fused-ring (bicyclic) bond motifs is 1. The number of hydrazone groups is 1. The van der Waals surface area contributed by atoms with Gasteiger partial charge in [0.1, 0.15) is 5.82 Å². The minimum Gasteiger partial charge on any atom is -0.494 e. The highest BCUT2D eigenvalue weighted by Crippen LogP contribution is 2.33. The fourth-order valence-corrected chi connectivity index (χ4v) is 3.81. The van der Waals surface area contributed by atoms with Crippen LogP contribution in [-0.4, -0.2) is 29.2 Å². The van der Waals surface area contributed by atoms with Gasteiger partial charge in [-0.05, 0) is 41.5 Å². The molecule has 6 nitrogen and oxygen atoms in total. The zero-order valence-corrected chi connectivity index (χ0v) is 18.0. The Balaban J connectivity index is 1.46. The number of benzene rings is 3. The number of ether oxygens (including phenoxy) is 1. The molecule has 156 valence electrons. The van der Waals surface area contributed by atoms with Crippen LogP contribution in [0.25, 0.3) is 11.0 Å². The maximum atomic E-state index is 12.5. The third-order valence-corrected chi connectivity index (χ3v) is 5.17. The SMILES string of the molecule is COc1c(Cl)cc(/C=N\NC(=O)c2ccc3nc(Cc4ccccc4)[nH]c3c2)cc1Cl. The maximum Gasteiger partial charge on any atom is 0.271 e. The summed E-state index contributed by atoms with van der Waals surface area (Å²) < 4.78 is 5.12. The van der Waals surface area contributed by atoms with E-state index in [2.05, 4.69) is 20.5 Å². The molecule has 3 aromatic carbocycles. The van der Waals surface area contributed by atoms with E-state index in [4.69, 9.17) is 27.9 Å². The fourth-order valence-electron chi connectivity index (χ4n) is 3.16. The Morgan fingerprint density at radius 1 is 1.13 bits per heavy atom. The molecule has 4 aromatic rings. The quantitative estimate of drug-likeness (QED) is 0.310. The lowest BCUT2D eigenvalue weighted by molar-refractivity contribution is 0.0955. The van der Waals surface area contributed by atoms with Gasteiger partial charge in [0.15, 0.2) is 5.75 Å². The number of imidazole rings is 1. The summed E-state index contributed by atoms with van der Waals surface area (Å²) in [4.78, 5) is 20.3. The summed E-state index contributed by atoms with van der Waals surface area (Å²) in [5.74, 6) is 0.886. The van der Waals surface area contributed by atoms with Gasteiger partial charge in [-0.2, -0.15) is 5.10 Å². The second-order valence-electron chi connectivity index (χ2n) is 6.79. The van der Waals surface area contributed by atoms with Crippen molar-refractivity contribution in [1.29, 1.82) is 0 Å². The van der Waals surface area contributed by atoms with Gasteiger partial charge in [0.2, 0.25) is 0 Å². The van der Waals surface area contributed by atoms with Crippen molar-refractivity contribution in [1.82, 2.24) is 15.4 Å². The molecule has 0 aliphatic rings. The van der Waals surface area contributed by atoms with Crippen LogP contribution in [0.5, 0.6) is 5.75 Å². The molecule has 1 heterocycles. The highest BCUT2D eigenvalue weighted by Gasteiger charge is 2.10. The monoisotopic (exact) mass is 452 g/mol. The Bertz CT molecular complexity index is 1250. The molecule has 1 aromatic heterocycles. The number of halogens is 2. The number of hydrogen-bond acceptors (Lipinski definition) is 4. The topological polar surface area (TPSA) is 79.4 Å². The van der Waals surface area contributed by atoms with E-state index in [-0.39, 0.29) is 5.91 Å². The highest BCUT2D eigenvalue weighted by atomic mass is 35.5. The molecule has 0 aliphatic heterocycles. The number of methoxy groups -OCH3 is 1. The third kappa shape index (κ3) is 4.87. The van der Waals surface area contributed by atoms with E-state index in [1.807, 2.05) is 36.4 Å². The molecular weight excluding hydrogens is 435 g/mol. The van der Waals surface area contributed by atoms with Crippen LogP contribution in [0.15, 0.2) is 65.8 Å². The fraction of sp³-hybridized carbons (Fsp3) is 0.0870. The molecule has 0 fully saturated rings. The number of aromatic nitrogens is 2. The van der Waals surface area contributed by atoms with Crippen molar-refractivity contribution in [3.63, 3.8) is 0 Å². The molecule has 8 heteroatoms. The van der Waals surface area contributed by atoms with Gasteiger partial charge >= 0.3 is 0 Å². The Morgan fingerprint density at radius 3 is 2.58 bits per heavy atom. The van der Waals surface area contributed by atoms with Crippen LogP contribution in [0.4, 0.5) is 0 Å². The molecule has 0 atom stereocenters. The number of nitrogens with one attached hydrogen (secondary N) is 2. The van der Waals surface area contributed by atoms with Crippen LogP contribution in [0.3, 0.4) is 0 Å². The number of nitrogens with zero attached hydrogens (tertiary/aromatic N) is 2. The Morgan fingerprint density at radius 2 is 1.87 bits per heavy atom. The highest BCUT2D eigenvalue weighted by molar-refractivity contribution is 6.37. The van der Waals surface area contributed by atoms with Crippen molar-refractivity contribution in [3.05, 3.63) is 93.2 Å². The van der Waals surface area contributed by atoms with E-state index in [1.54, 1.807) is 24.3 Å². The lowest BCUT2D eigenvalue weighted by Crippen LogP contribution is -2.17. The van der Waals surface area contributed by atoms with Crippen LogP contribution in [0, 0.1) is 0 Å². The van der Waals surface area contributed by atoms with Gasteiger partial charge in [-0.3, -0.25) is 4.79 Å². The lowest BCUT2D eigenvalue weighted by Gasteiger charge is -2.06. The molecule has 0 spiro atoms. The number of aromatic amines is 1. The molecular formula is C23H18Cl2N4O2. The first-order chi connectivity index (χ1) is 15.0. The van der Waals surface area contributed by atoms with Crippen molar-refractivity contribution in [2.45, 2.75) is 6.42 Å². The molecule has 0 unspecified atom stereocenters. The second-order valence-corrected chi connectivity index (χ2v) is 7.61. The average Bonchev–Trinajstić information content (AvgIpc) is 3.15. The van der Waals surface area contributed by atoms with Crippen molar-refractivity contribution < 1.29 is 9.53 Å². The zero-order chi connectivity index (χ0) is 21.8. The number of rotatable bonds is 6. The molecule has 0 bridgehead atoms. The summed E-state index contributed by atoms with van der Waals surface area (Å²) in [5, 5.41) is 4.71. The molecule has 4 rings (SSSR count). The molecule has 0 saturated carbocycles. The van der Waals surface area contributed by atoms with Gasteiger partial charge < -0.3 is 9.72 Å². The lowest BCUT2D eigenvalue weighted by atomic mass is 10.1. The van der Waals surface area contributed by atoms with E-state index >= 15 is 0 Å². The van der Waals surface area contributed by atoms with Gasteiger partial charge in [-0.15, -0.1) is 0 Å². The van der Waals surface area contributed by atoms with Crippen LogP contribution in [0.2, 0.25) is 10.0 Å². The van der Waals surface area contributed by atoms with Crippen LogP contribution in [-0.2, 0) is 6.42 Å². The predicted molar refractivity (Wildman–Crippen MR) is 123 cm³/mol. The van der Waals surface area contributed by atoms with E-state index in [0.717, 1.165) is 22.4 Å². The standard InChI is InChI=1S/C23H18Cl2N4O2/c1-31-22-17(24)9-15(10-18(22)25)13-26-29-23(30)16-7-8-19-20(12-16)28-21(27-19)11-14-5-3-2-4-6-14/h2-10,12-13H,11H2,1H3,(H,27,28)(H,29,30)/b26-13-. The molecule has 0 radical (unpaired) electrons. The average molecular weight is 453 g/mol. The molecule has 31 heavy (non-hydrogen) atoms. The van der Waals surface area contributed by atoms with E-state index < -0.39 is 0 Å². The summed E-state index contributed by atoms with van der Waals surface area (Å²) in [6.07, 6.45) is 2.15. The van der Waals surface area contributed by atoms with E-state index in [0.29, 0.717) is 33.3 Å². The Hall–Kier alpha value is -3.35. The van der Waals surface area contributed by atoms with Gasteiger partial charge in [-0.1, -0.05) is 53.5 Å². The first-order valence-corrected chi connectivity index (χ1v) is 10.2. The number of amides is 1. The summed E-state index contributed by atoms with van der Waals surface area (Å²) in [5.41, 5.74) is 6.35. The number of H-pyrrole nitrogens is 1. The van der Waals surface area contributed by atoms with Gasteiger partial charge in [0.25, 0.3) is 5.91 Å². The molecule has 0 saturated heterocycles. The normalized spacial score (nSPS) is 11.2.